The second-order valence-electron chi connectivity index (χ2n) is 7.31. The van der Waals surface area contributed by atoms with Crippen LogP contribution >= 0.6 is 11.5 Å². The molecule has 9 heteroatoms. The van der Waals surface area contributed by atoms with Gasteiger partial charge in [-0.25, -0.2) is 0 Å². The lowest BCUT2D eigenvalue weighted by atomic mass is 9.78. The first kappa shape index (κ1) is 19.7. The quantitative estimate of drug-likeness (QED) is 0.636. The predicted octanol–water partition coefficient (Wildman–Crippen LogP) is 1.44. The molecular formula is C20H24N6O2S. The largest absolute Gasteiger partial charge is 0.389 e. The highest BCUT2D eigenvalue weighted by atomic mass is 32.1. The zero-order chi connectivity index (χ0) is 20.3. The van der Waals surface area contributed by atoms with Crippen molar-refractivity contribution in [3.63, 3.8) is 0 Å². The number of nitrogens with zero attached hydrogens (tertiary/aromatic N) is 5. The van der Waals surface area contributed by atoms with Crippen molar-refractivity contribution in [3.8, 4) is 0 Å². The average molecular weight is 413 g/mol. The number of amides is 1. The van der Waals surface area contributed by atoms with Crippen LogP contribution < -0.4 is 5.32 Å². The summed E-state index contributed by atoms with van der Waals surface area (Å²) >= 11 is 1.07. The van der Waals surface area contributed by atoms with Crippen LogP contribution in [0.5, 0.6) is 0 Å². The highest BCUT2D eigenvalue weighted by molar-refractivity contribution is 7.08. The van der Waals surface area contributed by atoms with Crippen molar-refractivity contribution in [3.05, 3.63) is 64.9 Å². The lowest BCUT2D eigenvalue weighted by molar-refractivity contribution is -0.0165. The molecule has 1 fully saturated rings. The van der Waals surface area contributed by atoms with Gasteiger partial charge in [0, 0.05) is 32.0 Å². The van der Waals surface area contributed by atoms with Crippen LogP contribution in [0, 0.1) is 6.92 Å². The molecule has 4 rings (SSSR count). The van der Waals surface area contributed by atoms with Gasteiger partial charge in [0.15, 0.2) is 0 Å². The number of aromatic nitrogens is 4. The molecule has 0 unspecified atom stereocenters. The molecule has 1 aromatic carbocycles. The summed E-state index contributed by atoms with van der Waals surface area (Å²) in [5.41, 5.74) is 0.654. The summed E-state index contributed by atoms with van der Waals surface area (Å²) in [5, 5.41) is 22.5. The van der Waals surface area contributed by atoms with Gasteiger partial charge in [0.05, 0.1) is 23.9 Å². The number of likely N-dealkylation sites (tertiary alicyclic amines) is 1. The molecule has 2 N–H and O–H groups in total. The molecule has 1 amide bonds. The van der Waals surface area contributed by atoms with E-state index in [9.17, 15) is 9.90 Å². The number of rotatable bonds is 6. The Kier molecular flexibility index (Phi) is 5.70. The number of aliphatic hydroxyl groups is 1. The van der Waals surface area contributed by atoms with E-state index in [1.54, 1.807) is 13.1 Å². The Balaban J connectivity index is 1.53. The molecule has 29 heavy (non-hydrogen) atoms. The van der Waals surface area contributed by atoms with Crippen molar-refractivity contribution in [2.75, 3.05) is 19.6 Å². The standard InChI is InChI=1S/C20H24N6O2S/c1-15-18(29-24-23-15)19(28)22-20(16-6-3-2-4-7-16)8-11-25(14-17(20)27)12-13-26-10-5-9-21-26/h2-7,9-10,17,27H,8,11-14H2,1H3,(H,22,28)/t17-,20+/m1/s1. The topological polar surface area (TPSA) is 96.2 Å². The van der Waals surface area contributed by atoms with Gasteiger partial charge in [0.25, 0.3) is 5.91 Å². The Morgan fingerprint density at radius 2 is 2.14 bits per heavy atom. The lowest BCUT2D eigenvalue weighted by Gasteiger charge is -2.46. The van der Waals surface area contributed by atoms with Crippen LogP contribution in [0.2, 0.25) is 0 Å². The Labute approximate surface area is 173 Å². The fourth-order valence-corrected chi connectivity index (χ4v) is 4.41. The van der Waals surface area contributed by atoms with E-state index in [0.717, 1.165) is 36.7 Å². The molecule has 0 spiro atoms. The summed E-state index contributed by atoms with van der Waals surface area (Å²) < 4.78 is 5.74. The predicted molar refractivity (Wildman–Crippen MR) is 110 cm³/mol. The number of β-amino-alcohol motifs (C(OH)–C–C–N with tert-alkyl or cyclic N) is 1. The van der Waals surface area contributed by atoms with Crippen molar-refractivity contribution in [2.24, 2.45) is 0 Å². The van der Waals surface area contributed by atoms with Gasteiger partial charge in [0.2, 0.25) is 0 Å². The zero-order valence-electron chi connectivity index (χ0n) is 16.2. The number of carbonyl (C=O) groups is 1. The maximum absolute atomic E-state index is 13.0. The molecule has 2 atom stereocenters. The van der Waals surface area contributed by atoms with E-state index in [2.05, 4.69) is 24.9 Å². The summed E-state index contributed by atoms with van der Waals surface area (Å²) in [6.45, 7) is 4.54. The summed E-state index contributed by atoms with van der Waals surface area (Å²) in [4.78, 5) is 15.7. The minimum atomic E-state index is -0.850. The second-order valence-corrected chi connectivity index (χ2v) is 8.07. The monoisotopic (exact) mass is 412 g/mol. The van der Waals surface area contributed by atoms with Crippen LogP contribution in [0.4, 0.5) is 0 Å². The van der Waals surface area contributed by atoms with Gasteiger partial charge in [-0.1, -0.05) is 34.8 Å². The van der Waals surface area contributed by atoms with Crippen LogP contribution in [-0.2, 0) is 12.1 Å². The molecule has 0 aliphatic carbocycles. The van der Waals surface area contributed by atoms with Gasteiger partial charge in [-0.2, -0.15) is 5.10 Å². The first-order chi connectivity index (χ1) is 14.1. The zero-order valence-corrected chi connectivity index (χ0v) is 17.0. The van der Waals surface area contributed by atoms with Crippen LogP contribution in [0.25, 0.3) is 0 Å². The minimum Gasteiger partial charge on any atom is -0.389 e. The molecule has 0 radical (unpaired) electrons. The molecule has 3 aromatic rings. The van der Waals surface area contributed by atoms with E-state index in [1.807, 2.05) is 47.3 Å². The molecule has 2 aromatic heterocycles. The first-order valence-corrected chi connectivity index (χ1v) is 10.4. The number of hydrogen-bond donors (Lipinski definition) is 2. The number of carbonyl (C=O) groups excluding carboxylic acids is 1. The molecule has 1 saturated heterocycles. The van der Waals surface area contributed by atoms with Crippen molar-refractivity contribution < 1.29 is 9.90 Å². The fraction of sp³-hybridized carbons (Fsp3) is 0.400. The molecule has 152 valence electrons. The fourth-order valence-electron chi connectivity index (χ4n) is 3.86. The average Bonchev–Trinajstić information content (AvgIpc) is 3.40. The van der Waals surface area contributed by atoms with E-state index >= 15 is 0 Å². The van der Waals surface area contributed by atoms with E-state index in [0.29, 0.717) is 23.5 Å². The van der Waals surface area contributed by atoms with Gasteiger partial charge >= 0.3 is 0 Å². The summed E-state index contributed by atoms with van der Waals surface area (Å²) in [6.07, 6.45) is 3.55. The molecule has 3 heterocycles. The Morgan fingerprint density at radius 3 is 2.79 bits per heavy atom. The highest BCUT2D eigenvalue weighted by Crippen LogP contribution is 2.34. The van der Waals surface area contributed by atoms with Crippen molar-refractivity contribution in [2.45, 2.75) is 31.5 Å². The van der Waals surface area contributed by atoms with Gasteiger partial charge in [0.1, 0.15) is 4.88 Å². The normalized spacial score (nSPS) is 22.5. The molecule has 8 nitrogen and oxygen atoms in total. The first-order valence-electron chi connectivity index (χ1n) is 9.63. The molecule has 0 saturated carbocycles. The molecule has 1 aliphatic heterocycles. The number of nitrogens with one attached hydrogen (secondary N) is 1. The van der Waals surface area contributed by atoms with Gasteiger partial charge in [-0.15, -0.1) is 5.10 Å². The Bertz CT molecular complexity index is 945. The van der Waals surface area contributed by atoms with E-state index in [4.69, 9.17) is 0 Å². The highest BCUT2D eigenvalue weighted by Gasteiger charge is 2.45. The third-order valence-electron chi connectivity index (χ3n) is 5.51. The van der Waals surface area contributed by atoms with Gasteiger partial charge < -0.3 is 10.4 Å². The summed E-state index contributed by atoms with van der Waals surface area (Å²) in [5.74, 6) is -0.245. The number of aryl methyl sites for hydroxylation is 1. The van der Waals surface area contributed by atoms with Crippen LogP contribution in [0.3, 0.4) is 0 Å². The maximum Gasteiger partial charge on any atom is 0.265 e. The lowest BCUT2D eigenvalue weighted by Crippen LogP contribution is -2.62. The summed E-state index contributed by atoms with van der Waals surface area (Å²) in [6, 6.07) is 11.6. The third kappa shape index (κ3) is 4.07. The number of hydrogen-bond acceptors (Lipinski definition) is 7. The van der Waals surface area contributed by atoms with Crippen LogP contribution in [-0.4, -0.2) is 61.0 Å². The van der Waals surface area contributed by atoms with E-state index in [-0.39, 0.29) is 5.91 Å². The van der Waals surface area contributed by atoms with E-state index in [1.165, 1.54) is 0 Å². The minimum absolute atomic E-state index is 0.245. The smallest absolute Gasteiger partial charge is 0.265 e. The Morgan fingerprint density at radius 1 is 1.31 bits per heavy atom. The maximum atomic E-state index is 13.0. The van der Waals surface area contributed by atoms with Crippen molar-refractivity contribution in [1.29, 1.82) is 0 Å². The molecule has 1 aliphatic rings. The van der Waals surface area contributed by atoms with Gasteiger partial charge in [-0.3, -0.25) is 14.4 Å². The molecular weight excluding hydrogens is 388 g/mol. The third-order valence-corrected chi connectivity index (χ3v) is 6.34. The summed E-state index contributed by atoms with van der Waals surface area (Å²) in [7, 11) is 0. The molecule has 0 bridgehead atoms. The Hall–Kier alpha value is -2.62. The number of piperidine rings is 1. The van der Waals surface area contributed by atoms with Crippen LogP contribution in [0.1, 0.15) is 27.3 Å². The van der Waals surface area contributed by atoms with Crippen molar-refractivity contribution in [1.82, 2.24) is 29.6 Å². The van der Waals surface area contributed by atoms with Gasteiger partial charge in [-0.05, 0) is 36.5 Å². The van der Waals surface area contributed by atoms with Crippen LogP contribution in [0.15, 0.2) is 48.8 Å². The SMILES string of the molecule is Cc1nnsc1C(=O)N[C@]1(c2ccccc2)CCN(CCn2cccn2)C[C@H]1O. The second kappa shape index (κ2) is 8.40. The number of benzene rings is 1. The van der Waals surface area contributed by atoms with Crippen molar-refractivity contribution >= 4 is 17.4 Å². The number of aliphatic hydroxyl groups excluding tert-OH is 1. The van der Waals surface area contributed by atoms with E-state index < -0.39 is 11.6 Å².